The zero-order valence-electron chi connectivity index (χ0n) is 17.0. The van der Waals surface area contributed by atoms with E-state index in [0.29, 0.717) is 17.0 Å². The highest BCUT2D eigenvalue weighted by Crippen LogP contribution is 2.28. The van der Waals surface area contributed by atoms with Gasteiger partial charge in [-0.25, -0.2) is 12.7 Å². The highest BCUT2D eigenvalue weighted by Gasteiger charge is 2.27. The predicted molar refractivity (Wildman–Crippen MR) is 128 cm³/mol. The van der Waals surface area contributed by atoms with Gasteiger partial charge >= 0.3 is 0 Å². The molecule has 2 aromatic heterocycles. The Hall–Kier alpha value is -2.68. The highest BCUT2D eigenvalue weighted by atomic mass is 32.2. The van der Waals surface area contributed by atoms with Crippen LogP contribution in [0.2, 0.25) is 0 Å². The number of fused-ring (bicyclic) bond motifs is 1. The van der Waals surface area contributed by atoms with Crippen molar-refractivity contribution in [2.75, 3.05) is 10.6 Å². The Labute approximate surface area is 189 Å². The molecule has 4 aromatic rings. The number of hydrogen-bond acceptors (Lipinski definition) is 6. The summed E-state index contributed by atoms with van der Waals surface area (Å²) < 4.78 is 27.2. The summed E-state index contributed by atoms with van der Waals surface area (Å²) in [5.41, 5.74) is 3.20. The van der Waals surface area contributed by atoms with Gasteiger partial charge < -0.3 is 0 Å². The number of aryl methyl sites for hydroxylation is 1. The fourth-order valence-corrected chi connectivity index (χ4v) is 5.84. The number of thioether (sulfide) groups is 1. The number of hydrogen-bond donors (Lipinski definition) is 0. The van der Waals surface area contributed by atoms with Crippen molar-refractivity contribution < 1.29 is 13.2 Å². The van der Waals surface area contributed by atoms with Gasteiger partial charge in [-0.05, 0) is 60.3 Å². The molecule has 0 unspecified atom stereocenters. The quantitative estimate of drug-likeness (QED) is 0.349. The van der Waals surface area contributed by atoms with Crippen LogP contribution in [-0.4, -0.2) is 25.6 Å². The molecule has 0 aliphatic heterocycles. The van der Waals surface area contributed by atoms with Gasteiger partial charge in [-0.15, -0.1) is 23.1 Å². The number of thiophene rings is 1. The number of anilines is 1. The van der Waals surface area contributed by atoms with E-state index in [1.807, 2.05) is 42.6 Å². The Morgan fingerprint density at radius 3 is 2.65 bits per heavy atom. The van der Waals surface area contributed by atoms with Crippen LogP contribution in [0.15, 0.2) is 76.3 Å². The van der Waals surface area contributed by atoms with Gasteiger partial charge in [-0.2, -0.15) is 0 Å². The van der Waals surface area contributed by atoms with Crippen molar-refractivity contribution in [3.63, 3.8) is 0 Å². The lowest BCUT2D eigenvalue weighted by atomic mass is 10.1. The summed E-state index contributed by atoms with van der Waals surface area (Å²) in [6.45, 7) is 1.89. The molecule has 158 valence electrons. The summed E-state index contributed by atoms with van der Waals surface area (Å²) in [6, 6.07) is 19.9. The number of aromatic nitrogens is 1. The molecule has 0 saturated carbocycles. The number of benzene rings is 2. The maximum atomic E-state index is 13.3. The minimum Gasteiger partial charge on any atom is -0.268 e. The Morgan fingerprint density at radius 2 is 1.90 bits per heavy atom. The molecule has 0 saturated heterocycles. The lowest BCUT2D eigenvalue weighted by molar-refractivity contribution is 0.101. The van der Waals surface area contributed by atoms with Crippen LogP contribution in [0.3, 0.4) is 0 Å². The zero-order chi connectivity index (χ0) is 22.0. The van der Waals surface area contributed by atoms with E-state index in [4.69, 9.17) is 0 Å². The van der Waals surface area contributed by atoms with Crippen molar-refractivity contribution in [1.29, 1.82) is 0 Å². The minimum absolute atomic E-state index is 0.295. The second kappa shape index (κ2) is 8.82. The van der Waals surface area contributed by atoms with E-state index in [0.717, 1.165) is 32.7 Å². The van der Waals surface area contributed by atoms with Gasteiger partial charge in [0, 0.05) is 22.4 Å². The molecule has 8 heteroatoms. The molecular formula is C23H20N2O3S3. The number of rotatable bonds is 6. The summed E-state index contributed by atoms with van der Waals surface area (Å²) in [7, 11) is -3.84. The van der Waals surface area contributed by atoms with Crippen LogP contribution in [0.4, 0.5) is 5.69 Å². The van der Waals surface area contributed by atoms with E-state index >= 15 is 0 Å². The number of carbonyl (C=O) groups excluding carboxylic acids is 1. The van der Waals surface area contributed by atoms with Crippen molar-refractivity contribution in [3.05, 3.63) is 88.9 Å². The molecule has 0 radical (unpaired) electrons. The van der Waals surface area contributed by atoms with Gasteiger partial charge in [-0.3, -0.25) is 9.78 Å². The summed E-state index contributed by atoms with van der Waals surface area (Å²) in [5, 5.41) is 2.79. The first-order valence-corrected chi connectivity index (χ1v) is 13.2. The summed E-state index contributed by atoms with van der Waals surface area (Å²) in [5.74, 6) is 0.117. The maximum absolute atomic E-state index is 13.3. The second-order valence-corrected chi connectivity index (χ2v) is 11.1. The lowest BCUT2D eigenvalue weighted by Crippen LogP contribution is -2.36. The van der Waals surface area contributed by atoms with Crippen LogP contribution in [0, 0.1) is 6.92 Å². The van der Waals surface area contributed by atoms with E-state index < -0.39 is 15.9 Å². The van der Waals surface area contributed by atoms with E-state index in [1.165, 1.54) is 4.21 Å². The van der Waals surface area contributed by atoms with Gasteiger partial charge in [0.2, 0.25) is 10.0 Å². The Kier molecular flexibility index (Phi) is 6.13. The molecule has 0 spiro atoms. The molecule has 0 N–H and O–H groups in total. The number of pyridine rings is 1. The molecule has 0 aliphatic rings. The zero-order valence-corrected chi connectivity index (χ0v) is 19.4. The second-order valence-electron chi connectivity index (χ2n) is 7.08. The topological polar surface area (TPSA) is 67.3 Å². The summed E-state index contributed by atoms with van der Waals surface area (Å²) in [6.07, 6.45) is 1.04. The van der Waals surface area contributed by atoms with Crippen LogP contribution < -0.4 is 4.31 Å². The third-order valence-electron chi connectivity index (χ3n) is 4.61. The largest absolute Gasteiger partial charge is 0.272 e. The molecule has 5 nitrogen and oxygen atoms in total. The van der Waals surface area contributed by atoms with Crippen LogP contribution in [0.1, 0.15) is 21.6 Å². The number of carbonyl (C=O) groups is 1. The van der Waals surface area contributed by atoms with Crippen LogP contribution in [-0.2, 0) is 15.8 Å². The normalized spacial score (nSPS) is 11.5. The molecular weight excluding hydrogens is 448 g/mol. The Balaban J connectivity index is 1.66. The molecule has 1 amide bonds. The standard InChI is InChI=1S/C23H20N2O3S3/c1-16-8-9-18-14-20(10-11-21(18)24-16)25(31(2,27)28)23(26)19-6-3-5-17(13-19)15-30-22-7-4-12-29-22/h3-14H,15H2,1-2H3. The number of nitrogens with zero attached hydrogens (tertiary/aromatic N) is 2. The number of sulfonamides is 1. The fourth-order valence-electron chi connectivity index (χ4n) is 3.21. The van der Waals surface area contributed by atoms with Crippen molar-refractivity contribution in [1.82, 2.24) is 4.98 Å². The SMILES string of the molecule is Cc1ccc2cc(N(C(=O)c3cccc(CSc4cccs4)c3)S(C)(=O)=O)ccc2n1. The van der Waals surface area contributed by atoms with Gasteiger partial charge in [0.05, 0.1) is 21.7 Å². The van der Waals surface area contributed by atoms with Gasteiger partial charge in [0.15, 0.2) is 0 Å². The number of amides is 1. The maximum Gasteiger partial charge on any atom is 0.272 e. The van der Waals surface area contributed by atoms with Crippen molar-refractivity contribution >= 4 is 55.6 Å². The van der Waals surface area contributed by atoms with Crippen LogP contribution >= 0.6 is 23.1 Å². The minimum atomic E-state index is -3.84. The lowest BCUT2D eigenvalue weighted by Gasteiger charge is -2.21. The Morgan fingerprint density at radius 1 is 1.06 bits per heavy atom. The molecule has 4 rings (SSSR count). The van der Waals surface area contributed by atoms with E-state index in [2.05, 4.69) is 4.98 Å². The molecule has 31 heavy (non-hydrogen) atoms. The summed E-state index contributed by atoms with van der Waals surface area (Å²) in [4.78, 5) is 17.7. The third kappa shape index (κ3) is 4.98. The first-order chi connectivity index (χ1) is 14.8. The van der Waals surface area contributed by atoms with Crippen LogP contribution in [0.25, 0.3) is 10.9 Å². The van der Waals surface area contributed by atoms with Gasteiger partial charge in [0.1, 0.15) is 0 Å². The first kappa shape index (κ1) is 21.5. The highest BCUT2D eigenvalue weighted by molar-refractivity contribution is 8.00. The average molecular weight is 469 g/mol. The van der Waals surface area contributed by atoms with Gasteiger partial charge in [-0.1, -0.05) is 24.3 Å². The van der Waals surface area contributed by atoms with Crippen molar-refractivity contribution in [2.24, 2.45) is 0 Å². The monoisotopic (exact) mass is 468 g/mol. The molecule has 0 atom stereocenters. The Bertz CT molecular complexity index is 1350. The molecule has 2 aromatic carbocycles. The molecule has 0 fully saturated rings. The van der Waals surface area contributed by atoms with Crippen molar-refractivity contribution in [3.8, 4) is 0 Å². The first-order valence-electron chi connectivity index (χ1n) is 9.48. The van der Waals surface area contributed by atoms with Crippen LogP contribution in [0.5, 0.6) is 0 Å². The third-order valence-corrected chi connectivity index (χ3v) is 7.85. The molecule has 0 aliphatic carbocycles. The molecule has 0 bridgehead atoms. The van der Waals surface area contributed by atoms with E-state index in [1.54, 1.807) is 59.5 Å². The predicted octanol–water partition coefficient (Wildman–Crippen LogP) is 5.50. The fraction of sp³-hybridized carbons (Fsp3) is 0.130. The summed E-state index contributed by atoms with van der Waals surface area (Å²) >= 11 is 3.35. The van der Waals surface area contributed by atoms with E-state index in [9.17, 15) is 13.2 Å². The van der Waals surface area contributed by atoms with Crippen molar-refractivity contribution in [2.45, 2.75) is 16.9 Å². The average Bonchev–Trinajstić information content (AvgIpc) is 3.25. The molecule has 2 heterocycles. The smallest absolute Gasteiger partial charge is 0.268 e. The van der Waals surface area contributed by atoms with Gasteiger partial charge in [0.25, 0.3) is 5.91 Å². The van der Waals surface area contributed by atoms with E-state index in [-0.39, 0.29) is 0 Å².